The number of ether oxygens (including phenoxy) is 1. The van der Waals surface area contributed by atoms with Crippen molar-refractivity contribution < 1.29 is 27.8 Å². The van der Waals surface area contributed by atoms with Crippen molar-refractivity contribution in [3.63, 3.8) is 0 Å². The largest absolute Gasteiger partial charge is 0.573 e. The molecule has 0 fully saturated rings. The predicted molar refractivity (Wildman–Crippen MR) is 94.5 cm³/mol. The number of alkyl halides is 3. The molecule has 3 rings (SSSR count). The van der Waals surface area contributed by atoms with Crippen LogP contribution in [0, 0.1) is 0 Å². The van der Waals surface area contributed by atoms with E-state index >= 15 is 0 Å². The predicted octanol–water partition coefficient (Wildman–Crippen LogP) is 4.72. The molecule has 0 aliphatic rings. The van der Waals surface area contributed by atoms with Crippen molar-refractivity contribution in [3.05, 3.63) is 71.8 Å². The molecule has 0 saturated heterocycles. The van der Waals surface area contributed by atoms with Gasteiger partial charge in [0.05, 0.1) is 5.56 Å². The molecule has 7 heteroatoms. The third-order valence-electron chi connectivity index (χ3n) is 4.05. The normalized spacial score (nSPS) is 11.4. The quantitative estimate of drug-likeness (QED) is 0.718. The summed E-state index contributed by atoms with van der Waals surface area (Å²) in [6.45, 7) is -0.114. The highest BCUT2D eigenvalue weighted by atomic mass is 19.4. The number of hydrogen-bond acceptors (Lipinski definition) is 3. The molecule has 0 aromatic heterocycles. The van der Waals surface area contributed by atoms with E-state index in [-0.39, 0.29) is 29.2 Å². The second-order valence-corrected chi connectivity index (χ2v) is 6.03. The highest BCUT2D eigenvalue weighted by Crippen LogP contribution is 2.29. The zero-order valence-corrected chi connectivity index (χ0v) is 14.3. The number of hydrogen-bond donors (Lipinski definition) is 1. The van der Waals surface area contributed by atoms with Crippen LogP contribution in [0.25, 0.3) is 10.8 Å². The fourth-order valence-corrected chi connectivity index (χ4v) is 2.79. The van der Waals surface area contributed by atoms with Gasteiger partial charge in [-0.1, -0.05) is 42.5 Å². The summed E-state index contributed by atoms with van der Waals surface area (Å²) < 4.78 is 41.7. The number of nitrogens with zero attached hydrogens (tertiary/aromatic N) is 1. The van der Waals surface area contributed by atoms with Gasteiger partial charge in [-0.25, -0.2) is 0 Å². The Morgan fingerprint density at radius 1 is 1.04 bits per heavy atom. The van der Waals surface area contributed by atoms with Gasteiger partial charge in [-0.05, 0) is 29.0 Å². The summed E-state index contributed by atoms with van der Waals surface area (Å²) in [6.07, 6.45) is -4.82. The molecule has 0 heterocycles. The fraction of sp³-hybridized carbons (Fsp3) is 0.150. The van der Waals surface area contributed by atoms with Crippen LogP contribution in [0.3, 0.4) is 0 Å². The number of amides is 1. The summed E-state index contributed by atoms with van der Waals surface area (Å²) in [6, 6.07) is 15.9. The molecular weight excluding hydrogens is 359 g/mol. The van der Waals surface area contributed by atoms with E-state index in [0.29, 0.717) is 0 Å². The average Bonchev–Trinajstić information content (AvgIpc) is 2.61. The van der Waals surface area contributed by atoms with E-state index in [4.69, 9.17) is 0 Å². The molecule has 3 aromatic carbocycles. The molecule has 1 N–H and O–H groups in total. The summed E-state index contributed by atoms with van der Waals surface area (Å²) in [4.78, 5) is 13.9. The van der Waals surface area contributed by atoms with E-state index in [1.165, 1.54) is 36.2 Å². The van der Waals surface area contributed by atoms with Crippen LogP contribution in [0.15, 0.2) is 60.7 Å². The summed E-state index contributed by atoms with van der Waals surface area (Å²) in [5.74, 6) is -1.07. The molecule has 0 radical (unpaired) electrons. The maximum atomic E-state index is 12.7. The van der Waals surface area contributed by atoms with E-state index in [0.717, 1.165) is 10.8 Å². The smallest absolute Gasteiger partial charge is 0.507 e. The third-order valence-corrected chi connectivity index (χ3v) is 4.05. The summed E-state index contributed by atoms with van der Waals surface area (Å²) in [7, 11) is 1.45. The molecule has 0 saturated carbocycles. The van der Waals surface area contributed by atoms with Gasteiger partial charge in [-0.15, -0.1) is 13.2 Å². The van der Waals surface area contributed by atoms with Crippen molar-refractivity contribution in [2.24, 2.45) is 0 Å². The van der Waals surface area contributed by atoms with Crippen LogP contribution in [0.1, 0.15) is 15.9 Å². The molecule has 1 amide bonds. The monoisotopic (exact) mass is 375 g/mol. The SMILES string of the molecule is CN(Cc1ccccc1OC(F)(F)F)C(=O)c1cc2ccccc2cc1O. The first-order chi connectivity index (χ1) is 12.7. The Morgan fingerprint density at radius 2 is 1.63 bits per heavy atom. The first kappa shape index (κ1) is 18.6. The number of carbonyl (C=O) groups is 1. The Labute approximate surface area is 153 Å². The number of carbonyl (C=O) groups excluding carboxylic acids is 1. The van der Waals surface area contributed by atoms with Gasteiger partial charge in [0.2, 0.25) is 0 Å². The van der Waals surface area contributed by atoms with Crippen LogP contribution >= 0.6 is 0 Å². The number of phenolic OH excluding ortho intramolecular Hbond substituents is 1. The minimum absolute atomic E-state index is 0.0745. The highest BCUT2D eigenvalue weighted by molar-refractivity contribution is 6.01. The van der Waals surface area contributed by atoms with Gasteiger partial charge in [0.1, 0.15) is 11.5 Å². The van der Waals surface area contributed by atoms with Crippen molar-refractivity contribution >= 4 is 16.7 Å². The average molecular weight is 375 g/mol. The highest BCUT2D eigenvalue weighted by Gasteiger charge is 2.32. The van der Waals surface area contributed by atoms with E-state index in [9.17, 15) is 23.1 Å². The molecule has 27 heavy (non-hydrogen) atoms. The van der Waals surface area contributed by atoms with Crippen molar-refractivity contribution in [2.45, 2.75) is 12.9 Å². The number of fused-ring (bicyclic) bond motifs is 1. The molecule has 0 aliphatic heterocycles. The minimum Gasteiger partial charge on any atom is -0.507 e. The van der Waals surface area contributed by atoms with Crippen LogP contribution in [0.4, 0.5) is 13.2 Å². The van der Waals surface area contributed by atoms with Gasteiger partial charge in [0, 0.05) is 19.2 Å². The van der Waals surface area contributed by atoms with Gasteiger partial charge >= 0.3 is 6.36 Å². The number of para-hydroxylation sites is 1. The topological polar surface area (TPSA) is 49.8 Å². The Hall–Kier alpha value is -3.22. The maximum Gasteiger partial charge on any atom is 0.573 e. The minimum atomic E-state index is -4.82. The van der Waals surface area contributed by atoms with Crippen molar-refractivity contribution in [3.8, 4) is 11.5 Å². The Morgan fingerprint density at radius 3 is 2.30 bits per heavy atom. The van der Waals surface area contributed by atoms with Crippen LogP contribution in [-0.4, -0.2) is 29.3 Å². The second-order valence-electron chi connectivity index (χ2n) is 6.03. The standard InChI is InChI=1S/C20H16F3NO3/c1-24(12-15-8-4-5-9-18(15)27-20(21,22)23)19(26)16-10-13-6-2-3-7-14(13)11-17(16)25/h2-11,25H,12H2,1H3. The van der Waals surface area contributed by atoms with Crippen LogP contribution in [0.5, 0.6) is 11.5 Å². The van der Waals surface area contributed by atoms with E-state index in [2.05, 4.69) is 4.74 Å². The van der Waals surface area contributed by atoms with Crippen LogP contribution in [-0.2, 0) is 6.54 Å². The van der Waals surface area contributed by atoms with Crippen molar-refractivity contribution in [2.75, 3.05) is 7.05 Å². The van der Waals surface area contributed by atoms with Gasteiger partial charge in [-0.2, -0.15) is 0 Å². The number of phenols is 1. The lowest BCUT2D eigenvalue weighted by Crippen LogP contribution is -2.27. The van der Waals surface area contributed by atoms with Crippen molar-refractivity contribution in [1.82, 2.24) is 4.90 Å². The van der Waals surface area contributed by atoms with E-state index in [1.54, 1.807) is 24.3 Å². The van der Waals surface area contributed by atoms with Crippen molar-refractivity contribution in [1.29, 1.82) is 0 Å². The molecule has 0 spiro atoms. The lowest BCUT2D eigenvalue weighted by molar-refractivity contribution is -0.275. The fourth-order valence-electron chi connectivity index (χ4n) is 2.79. The zero-order chi connectivity index (χ0) is 19.6. The maximum absolute atomic E-state index is 12.7. The molecule has 140 valence electrons. The first-order valence-corrected chi connectivity index (χ1v) is 8.05. The summed E-state index contributed by atoms with van der Waals surface area (Å²) >= 11 is 0. The van der Waals surface area contributed by atoms with Gasteiger partial charge < -0.3 is 14.7 Å². The van der Waals surface area contributed by atoms with E-state index < -0.39 is 12.3 Å². The van der Waals surface area contributed by atoms with Crippen LogP contribution in [0.2, 0.25) is 0 Å². The lowest BCUT2D eigenvalue weighted by atomic mass is 10.0. The first-order valence-electron chi connectivity index (χ1n) is 8.05. The summed E-state index contributed by atoms with van der Waals surface area (Å²) in [5.41, 5.74) is 0.274. The Bertz CT molecular complexity index is 986. The second kappa shape index (κ2) is 7.19. The molecular formula is C20H16F3NO3. The molecule has 3 aromatic rings. The lowest BCUT2D eigenvalue weighted by Gasteiger charge is -2.20. The number of benzene rings is 3. The van der Waals surface area contributed by atoms with Crippen LogP contribution < -0.4 is 4.74 Å². The number of aromatic hydroxyl groups is 1. The molecule has 0 atom stereocenters. The number of halogens is 3. The van der Waals surface area contributed by atoms with E-state index in [1.807, 2.05) is 12.1 Å². The molecule has 0 aliphatic carbocycles. The molecule has 0 bridgehead atoms. The van der Waals surface area contributed by atoms with Gasteiger partial charge in [0.15, 0.2) is 0 Å². The molecule has 4 nitrogen and oxygen atoms in total. The Balaban J connectivity index is 1.86. The summed E-state index contributed by atoms with van der Waals surface area (Å²) in [5, 5.41) is 11.7. The number of rotatable bonds is 4. The molecule has 0 unspecified atom stereocenters. The third kappa shape index (κ3) is 4.31. The Kier molecular flexibility index (Phi) is 4.94. The zero-order valence-electron chi connectivity index (χ0n) is 14.3. The van der Waals surface area contributed by atoms with Gasteiger partial charge in [-0.3, -0.25) is 4.79 Å². The van der Waals surface area contributed by atoms with Gasteiger partial charge in [0.25, 0.3) is 5.91 Å².